The molecule has 0 spiro atoms. The number of H-pyrrole nitrogens is 1. The number of rotatable bonds is 1. The highest BCUT2D eigenvalue weighted by atomic mass is 15.5. The lowest BCUT2D eigenvalue weighted by Gasteiger charge is -2.16. The molecule has 3 heteroatoms. The highest BCUT2D eigenvalue weighted by Crippen LogP contribution is 2.29. The lowest BCUT2D eigenvalue weighted by atomic mass is 10.2. The van der Waals surface area contributed by atoms with Crippen molar-refractivity contribution in [3.8, 4) is 0 Å². The van der Waals surface area contributed by atoms with Crippen molar-refractivity contribution >= 4 is 11.5 Å². The maximum atomic E-state index is 3.33. The molecule has 0 fully saturated rings. The molecular weight excluding hydrogens is 174 g/mol. The van der Waals surface area contributed by atoms with Crippen LogP contribution in [0.25, 0.3) is 0 Å². The summed E-state index contributed by atoms with van der Waals surface area (Å²) in [5.41, 5.74) is 5.89. The fourth-order valence-corrected chi connectivity index (χ4v) is 1.80. The van der Waals surface area contributed by atoms with Gasteiger partial charge in [-0.25, -0.2) is 5.43 Å². The predicted molar refractivity (Wildman–Crippen MR) is 56.2 cm³/mol. The van der Waals surface area contributed by atoms with E-state index in [1.54, 1.807) is 0 Å². The summed E-state index contributed by atoms with van der Waals surface area (Å²) in [6.45, 7) is 0.898. The van der Waals surface area contributed by atoms with Crippen molar-refractivity contribution in [2.24, 2.45) is 0 Å². The largest absolute Gasteiger partial charge is 0.347 e. The van der Waals surface area contributed by atoms with Gasteiger partial charge >= 0.3 is 0 Å². The minimum absolute atomic E-state index is 0.898. The Morgan fingerprint density at radius 3 is 2.86 bits per heavy atom. The van der Waals surface area contributed by atoms with Gasteiger partial charge in [0.05, 0.1) is 5.69 Å². The molecule has 0 amide bonds. The second-order valence-electron chi connectivity index (χ2n) is 3.35. The van der Waals surface area contributed by atoms with Crippen molar-refractivity contribution in [3.05, 3.63) is 48.2 Å². The fraction of sp³-hybridized carbons (Fsp3) is 0.0909. The number of para-hydroxylation sites is 1. The topological polar surface area (TPSA) is 31.1 Å². The van der Waals surface area contributed by atoms with E-state index in [1.807, 2.05) is 12.3 Å². The van der Waals surface area contributed by atoms with E-state index in [2.05, 4.69) is 45.8 Å². The number of hydrogen-bond acceptors (Lipinski definition) is 2. The number of fused-ring (bicyclic) bond motifs is 1. The van der Waals surface area contributed by atoms with Crippen LogP contribution >= 0.6 is 0 Å². The third-order valence-electron chi connectivity index (χ3n) is 2.48. The van der Waals surface area contributed by atoms with E-state index in [4.69, 9.17) is 0 Å². The van der Waals surface area contributed by atoms with Crippen molar-refractivity contribution in [3.63, 3.8) is 0 Å². The zero-order valence-electron chi connectivity index (χ0n) is 7.70. The Kier molecular flexibility index (Phi) is 1.58. The zero-order chi connectivity index (χ0) is 9.38. The quantitative estimate of drug-likeness (QED) is 0.713. The summed E-state index contributed by atoms with van der Waals surface area (Å²) in [6, 6.07) is 12.4. The summed E-state index contributed by atoms with van der Waals surface area (Å²) in [5, 5.41) is 2.08. The molecule has 0 radical (unpaired) electrons. The molecular formula is C11H11N3. The minimum Gasteiger partial charge on any atom is -0.347 e. The van der Waals surface area contributed by atoms with Crippen LogP contribution in [0, 0.1) is 0 Å². The average Bonchev–Trinajstić information content (AvgIpc) is 2.85. The van der Waals surface area contributed by atoms with Gasteiger partial charge in [-0.2, -0.15) is 0 Å². The van der Waals surface area contributed by atoms with Crippen LogP contribution < -0.4 is 10.4 Å². The lowest BCUT2D eigenvalue weighted by Crippen LogP contribution is -2.26. The van der Waals surface area contributed by atoms with E-state index < -0.39 is 0 Å². The van der Waals surface area contributed by atoms with E-state index in [0.717, 1.165) is 12.4 Å². The molecule has 3 rings (SSSR count). The molecule has 1 aromatic heterocycles. The van der Waals surface area contributed by atoms with Gasteiger partial charge in [0.15, 0.2) is 0 Å². The zero-order valence-corrected chi connectivity index (χ0v) is 7.70. The molecule has 0 bridgehead atoms. The second-order valence-corrected chi connectivity index (χ2v) is 3.35. The van der Waals surface area contributed by atoms with Crippen LogP contribution in [0.3, 0.4) is 0 Å². The SMILES string of the molecule is c1c[nH]c(N2NCc3ccccc32)c1. The van der Waals surface area contributed by atoms with Gasteiger partial charge in [-0.15, -0.1) is 0 Å². The van der Waals surface area contributed by atoms with Crippen molar-refractivity contribution < 1.29 is 0 Å². The first-order valence-electron chi connectivity index (χ1n) is 4.70. The van der Waals surface area contributed by atoms with Crippen LogP contribution in [-0.2, 0) is 6.54 Å². The Morgan fingerprint density at radius 2 is 2.00 bits per heavy atom. The third kappa shape index (κ3) is 1.03. The highest BCUT2D eigenvalue weighted by Gasteiger charge is 2.19. The molecule has 1 aliphatic rings. The summed E-state index contributed by atoms with van der Waals surface area (Å²) >= 11 is 0. The van der Waals surface area contributed by atoms with Gasteiger partial charge in [0.1, 0.15) is 5.82 Å². The average molecular weight is 185 g/mol. The third-order valence-corrected chi connectivity index (χ3v) is 2.48. The van der Waals surface area contributed by atoms with Gasteiger partial charge < -0.3 is 4.98 Å². The molecule has 0 atom stereocenters. The van der Waals surface area contributed by atoms with Crippen LogP contribution in [-0.4, -0.2) is 4.98 Å². The fourth-order valence-electron chi connectivity index (χ4n) is 1.80. The van der Waals surface area contributed by atoms with Gasteiger partial charge in [-0.05, 0) is 23.8 Å². The number of anilines is 2. The van der Waals surface area contributed by atoms with Crippen LogP contribution in [0.4, 0.5) is 11.5 Å². The molecule has 3 nitrogen and oxygen atoms in total. The molecule has 0 saturated carbocycles. The standard InChI is InChI=1S/C11H11N3/c1-2-5-10-9(4-1)8-13-14(10)11-6-3-7-12-11/h1-7,12-13H,8H2. The summed E-state index contributed by atoms with van der Waals surface area (Å²) in [4.78, 5) is 3.18. The molecule has 0 aliphatic carbocycles. The van der Waals surface area contributed by atoms with Crippen LogP contribution in [0.1, 0.15) is 5.56 Å². The first-order chi connectivity index (χ1) is 6.95. The Balaban J connectivity index is 2.06. The predicted octanol–water partition coefficient (Wildman–Crippen LogP) is 2.17. The molecule has 70 valence electrons. The Hall–Kier alpha value is -1.74. The molecule has 1 aromatic carbocycles. The summed E-state index contributed by atoms with van der Waals surface area (Å²) in [6.07, 6.45) is 1.93. The van der Waals surface area contributed by atoms with Crippen LogP contribution in [0.2, 0.25) is 0 Å². The summed E-state index contributed by atoms with van der Waals surface area (Å²) in [5.74, 6) is 1.08. The maximum absolute atomic E-state index is 3.33. The van der Waals surface area contributed by atoms with E-state index in [9.17, 15) is 0 Å². The van der Waals surface area contributed by atoms with E-state index in [-0.39, 0.29) is 0 Å². The maximum Gasteiger partial charge on any atom is 0.125 e. The number of nitrogens with zero attached hydrogens (tertiary/aromatic N) is 1. The minimum atomic E-state index is 0.898. The smallest absolute Gasteiger partial charge is 0.125 e. The second kappa shape index (κ2) is 2.89. The van der Waals surface area contributed by atoms with Crippen molar-refractivity contribution in [2.75, 3.05) is 5.01 Å². The van der Waals surface area contributed by atoms with E-state index >= 15 is 0 Å². The number of benzene rings is 1. The monoisotopic (exact) mass is 185 g/mol. The van der Waals surface area contributed by atoms with Gasteiger partial charge in [-0.3, -0.25) is 5.01 Å². The lowest BCUT2D eigenvalue weighted by molar-refractivity contribution is 0.758. The molecule has 2 heterocycles. The van der Waals surface area contributed by atoms with Crippen molar-refractivity contribution in [2.45, 2.75) is 6.54 Å². The number of aromatic amines is 1. The number of hydrazine groups is 1. The van der Waals surface area contributed by atoms with Gasteiger partial charge in [-0.1, -0.05) is 18.2 Å². The van der Waals surface area contributed by atoms with Crippen LogP contribution in [0.15, 0.2) is 42.6 Å². The van der Waals surface area contributed by atoms with Crippen LogP contribution in [0.5, 0.6) is 0 Å². The van der Waals surface area contributed by atoms with E-state index in [0.29, 0.717) is 0 Å². The molecule has 0 saturated heterocycles. The molecule has 2 aromatic rings. The van der Waals surface area contributed by atoms with Gasteiger partial charge in [0, 0.05) is 12.7 Å². The summed E-state index contributed by atoms with van der Waals surface area (Å²) < 4.78 is 0. The molecule has 1 aliphatic heterocycles. The first-order valence-corrected chi connectivity index (χ1v) is 4.70. The van der Waals surface area contributed by atoms with Gasteiger partial charge in [0.25, 0.3) is 0 Å². The number of nitrogens with one attached hydrogen (secondary N) is 2. The highest BCUT2D eigenvalue weighted by molar-refractivity contribution is 5.65. The first kappa shape index (κ1) is 7.64. The Bertz CT molecular complexity index is 434. The Morgan fingerprint density at radius 1 is 1.07 bits per heavy atom. The Labute approximate surface area is 82.3 Å². The summed E-state index contributed by atoms with van der Waals surface area (Å²) in [7, 11) is 0. The van der Waals surface area contributed by atoms with Crippen molar-refractivity contribution in [1.82, 2.24) is 10.4 Å². The van der Waals surface area contributed by atoms with E-state index in [1.165, 1.54) is 11.3 Å². The number of hydrogen-bond donors (Lipinski definition) is 2. The number of aromatic nitrogens is 1. The molecule has 14 heavy (non-hydrogen) atoms. The van der Waals surface area contributed by atoms with Gasteiger partial charge in [0.2, 0.25) is 0 Å². The normalized spacial score (nSPS) is 14.4. The van der Waals surface area contributed by atoms with Crippen molar-refractivity contribution in [1.29, 1.82) is 0 Å². The molecule has 0 unspecified atom stereocenters. The molecule has 2 N–H and O–H groups in total.